The summed E-state index contributed by atoms with van der Waals surface area (Å²) in [5.74, 6) is 5.61. The van der Waals surface area contributed by atoms with E-state index >= 15 is 0 Å². The molecule has 0 aromatic carbocycles. The first-order chi connectivity index (χ1) is 5.79. The molecule has 3 nitrogen and oxygen atoms in total. The van der Waals surface area contributed by atoms with Gasteiger partial charge in [-0.2, -0.15) is 0 Å². The molecule has 0 saturated heterocycles. The predicted molar refractivity (Wildman–Crippen MR) is 47.5 cm³/mol. The van der Waals surface area contributed by atoms with Crippen molar-refractivity contribution >= 4 is 0 Å². The van der Waals surface area contributed by atoms with Crippen molar-refractivity contribution < 1.29 is 0 Å². The van der Waals surface area contributed by atoms with Crippen LogP contribution in [0, 0.1) is 0 Å². The molecule has 0 spiro atoms. The van der Waals surface area contributed by atoms with Crippen molar-refractivity contribution in [3.63, 3.8) is 0 Å². The summed E-state index contributed by atoms with van der Waals surface area (Å²) < 4.78 is 1.29. The van der Waals surface area contributed by atoms with E-state index in [1.54, 1.807) is 6.07 Å². The second-order valence-corrected chi connectivity index (χ2v) is 3.22. The molecule has 1 aliphatic rings. The first-order valence-electron chi connectivity index (χ1n) is 4.28. The number of hydrogen-bond acceptors (Lipinski definition) is 2. The Balaban J connectivity index is 2.61. The summed E-state index contributed by atoms with van der Waals surface area (Å²) in [5.41, 5.74) is 2.16. The van der Waals surface area contributed by atoms with Gasteiger partial charge in [0.05, 0.1) is 0 Å². The first-order valence-corrected chi connectivity index (χ1v) is 4.28. The topological polar surface area (TPSA) is 48.0 Å². The Kier molecular flexibility index (Phi) is 1.64. The number of hydrogen-bond donors (Lipinski definition) is 1. The van der Waals surface area contributed by atoms with Crippen LogP contribution in [0.25, 0.3) is 0 Å². The standard InChI is InChI=1S/C9H12N2O/c10-11-8-4-2-1-3-7(8)5-6-9(11)12/h5-6H,1-4,10H2. The van der Waals surface area contributed by atoms with Crippen molar-refractivity contribution in [3.8, 4) is 0 Å². The third-order valence-electron chi connectivity index (χ3n) is 2.44. The van der Waals surface area contributed by atoms with Gasteiger partial charge in [-0.05, 0) is 31.2 Å². The Labute approximate surface area is 70.8 Å². The number of aromatic nitrogens is 1. The van der Waals surface area contributed by atoms with E-state index in [0.717, 1.165) is 25.0 Å². The molecule has 2 rings (SSSR count). The second kappa shape index (κ2) is 2.66. The van der Waals surface area contributed by atoms with Crippen LogP contribution in [-0.4, -0.2) is 4.68 Å². The van der Waals surface area contributed by atoms with Crippen LogP contribution in [0.4, 0.5) is 0 Å². The summed E-state index contributed by atoms with van der Waals surface area (Å²) in [7, 11) is 0. The van der Waals surface area contributed by atoms with Gasteiger partial charge in [0, 0.05) is 11.8 Å². The lowest BCUT2D eigenvalue weighted by atomic mass is 9.96. The molecule has 0 bridgehead atoms. The van der Waals surface area contributed by atoms with Crippen LogP contribution in [0.15, 0.2) is 16.9 Å². The van der Waals surface area contributed by atoms with E-state index < -0.39 is 0 Å². The maximum Gasteiger partial charge on any atom is 0.268 e. The number of pyridine rings is 1. The Bertz CT molecular complexity index is 354. The van der Waals surface area contributed by atoms with Crippen LogP contribution in [-0.2, 0) is 12.8 Å². The molecular weight excluding hydrogens is 152 g/mol. The molecule has 0 fully saturated rings. The molecule has 3 heteroatoms. The maximum absolute atomic E-state index is 11.1. The molecule has 0 radical (unpaired) electrons. The number of rotatable bonds is 0. The van der Waals surface area contributed by atoms with E-state index in [9.17, 15) is 4.79 Å². The number of nitrogens with zero attached hydrogens (tertiary/aromatic N) is 1. The van der Waals surface area contributed by atoms with Gasteiger partial charge in [0.15, 0.2) is 0 Å². The van der Waals surface area contributed by atoms with Gasteiger partial charge in [-0.25, -0.2) is 4.68 Å². The summed E-state index contributed by atoms with van der Waals surface area (Å²) >= 11 is 0. The molecule has 64 valence electrons. The van der Waals surface area contributed by atoms with E-state index in [2.05, 4.69) is 0 Å². The fourth-order valence-corrected chi connectivity index (χ4v) is 1.75. The van der Waals surface area contributed by atoms with Crippen molar-refractivity contribution in [3.05, 3.63) is 33.7 Å². The minimum Gasteiger partial charge on any atom is -0.336 e. The van der Waals surface area contributed by atoms with E-state index in [4.69, 9.17) is 5.84 Å². The molecule has 1 aromatic heterocycles. The molecule has 0 aliphatic heterocycles. The number of nitrogens with two attached hydrogens (primary N) is 1. The fraction of sp³-hybridized carbons (Fsp3) is 0.444. The van der Waals surface area contributed by atoms with Crippen LogP contribution in [0.3, 0.4) is 0 Å². The highest BCUT2D eigenvalue weighted by Crippen LogP contribution is 2.17. The van der Waals surface area contributed by atoms with Gasteiger partial charge >= 0.3 is 0 Å². The van der Waals surface area contributed by atoms with Gasteiger partial charge in [0.25, 0.3) is 5.56 Å². The van der Waals surface area contributed by atoms with Gasteiger partial charge in [0.2, 0.25) is 0 Å². The van der Waals surface area contributed by atoms with Crippen LogP contribution in [0.2, 0.25) is 0 Å². The predicted octanol–water partition coefficient (Wildman–Crippen LogP) is 0.441. The van der Waals surface area contributed by atoms with Crippen molar-refractivity contribution in [1.82, 2.24) is 4.68 Å². The Morgan fingerprint density at radius 1 is 1.25 bits per heavy atom. The lowest BCUT2D eigenvalue weighted by Gasteiger charge is -2.17. The van der Waals surface area contributed by atoms with Gasteiger partial charge in [-0.1, -0.05) is 6.07 Å². The lowest BCUT2D eigenvalue weighted by molar-refractivity contribution is 0.636. The summed E-state index contributed by atoms with van der Waals surface area (Å²) in [6.45, 7) is 0. The van der Waals surface area contributed by atoms with Crippen molar-refractivity contribution in [1.29, 1.82) is 0 Å². The van der Waals surface area contributed by atoms with Crippen molar-refractivity contribution in [2.75, 3.05) is 5.84 Å². The van der Waals surface area contributed by atoms with Gasteiger partial charge in [-0.3, -0.25) is 4.79 Å². The SMILES string of the molecule is Nn1c2c(ccc1=O)CCCC2. The Hall–Kier alpha value is -1.25. The van der Waals surface area contributed by atoms with E-state index in [1.807, 2.05) is 6.07 Å². The van der Waals surface area contributed by atoms with Crippen LogP contribution >= 0.6 is 0 Å². The zero-order valence-electron chi connectivity index (χ0n) is 6.92. The minimum atomic E-state index is -0.101. The molecule has 0 atom stereocenters. The molecule has 0 amide bonds. The maximum atomic E-state index is 11.1. The number of nitrogen functional groups attached to an aromatic ring is 1. The van der Waals surface area contributed by atoms with Crippen molar-refractivity contribution in [2.45, 2.75) is 25.7 Å². The first kappa shape index (κ1) is 7.40. The highest BCUT2D eigenvalue weighted by molar-refractivity contribution is 5.23. The van der Waals surface area contributed by atoms with E-state index in [1.165, 1.54) is 16.7 Å². The van der Waals surface area contributed by atoms with Crippen LogP contribution < -0.4 is 11.4 Å². The number of aryl methyl sites for hydroxylation is 1. The van der Waals surface area contributed by atoms with E-state index in [0.29, 0.717) is 0 Å². The average Bonchev–Trinajstić information content (AvgIpc) is 2.12. The Morgan fingerprint density at radius 2 is 2.00 bits per heavy atom. The van der Waals surface area contributed by atoms with Crippen LogP contribution in [0.5, 0.6) is 0 Å². The lowest BCUT2D eigenvalue weighted by Crippen LogP contribution is -2.31. The normalized spacial score (nSPS) is 15.7. The molecule has 2 N–H and O–H groups in total. The molecular formula is C9H12N2O. The quantitative estimate of drug-likeness (QED) is 0.566. The van der Waals surface area contributed by atoms with Gasteiger partial charge < -0.3 is 5.84 Å². The average molecular weight is 164 g/mol. The molecule has 12 heavy (non-hydrogen) atoms. The molecule has 1 aromatic rings. The van der Waals surface area contributed by atoms with Crippen LogP contribution in [0.1, 0.15) is 24.1 Å². The van der Waals surface area contributed by atoms with Gasteiger partial charge in [-0.15, -0.1) is 0 Å². The highest BCUT2D eigenvalue weighted by atomic mass is 16.1. The minimum absolute atomic E-state index is 0.101. The third-order valence-corrected chi connectivity index (χ3v) is 2.44. The summed E-state index contributed by atoms with van der Waals surface area (Å²) in [4.78, 5) is 11.1. The second-order valence-electron chi connectivity index (χ2n) is 3.22. The monoisotopic (exact) mass is 164 g/mol. The smallest absolute Gasteiger partial charge is 0.268 e. The highest BCUT2D eigenvalue weighted by Gasteiger charge is 2.11. The zero-order chi connectivity index (χ0) is 8.55. The molecule has 1 heterocycles. The summed E-state index contributed by atoms with van der Waals surface area (Å²) in [6, 6.07) is 3.45. The zero-order valence-corrected chi connectivity index (χ0v) is 6.92. The third kappa shape index (κ3) is 1.02. The molecule has 0 saturated carbocycles. The Morgan fingerprint density at radius 3 is 2.83 bits per heavy atom. The largest absolute Gasteiger partial charge is 0.336 e. The van der Waals surface area contributed by atoms with E-state index in [-0.39, 0.29) is 5.56 Å². The van der Waals surface area contributed by atoms with Gasteiger partial charge in [0.1, 0.15) is 0 Å². The fourth-order valence-electron chi connectivity index (χ4n) is 1.75. The molecule has 0 unspecified atom stereocenters. The molecule has 1 aliphatic carbocycles. The summed E-state index contributed by atoms with van der Waals surface area (Å²) in [5, 5.41) is 0. The van der Waals surface area contributed by atoms with Crippen molar-refractivity contribution in [2.24, 2.45) is 0 Å². The number of fused-ring (bicyclic) bond motifs is 1. The summed E-state index contributed by atoms with van der Waals surface area (Å²) in [6.07, 6.45) is 4.37.